The van der Waals surface area contributed by atoms with Gasteiger partial charge in [-0.2, -0.15) is 0 Å². The lowest BCUT2D eigenvalue weighted by atomic mass is 10.0. The van der Waals surface area contributed by atoms with Crippen LogP contribution in [0.4, 0.5) is 0 Å². The van der Waals surface area contributed by atoms with Gasteiger partial charge in [0.15, 0.2) is 0 Å². The second-order valence-corrected chi connectivity index (χ2v) is 3.03. The zero-order valence-corrected chi connectivity index (χ0v) is 8.61. The Balaban J connectivity index is 2.95. The molecule has 0 aliphatic heterocycles. The van der Waals surface area contributed by atoms with E-state index in [1.807, 2.05) is 30.4 Å². The summed E-state index contributed by atoms with van der Waals surface area (Å²) in [6, 6.07) is 10.3. The third-order valence-corrected chi connectivity index (χ3v) is 1.94. The molecule has 0 spiro atoms. The van der Waals surface area contributed by atoms with Gasteiger partial charge in [0, 0.05) is 0 Å². The van der Waals surface area contributed by atoms with E-state index in [9.17, 15) is 0 Å². The highest BCUT2D eigenvalue weighted by Crippen LogP contribution is 2.15. The van der Waals surface area contributed by atoms with Crippen LogP contribution in [-0.2, 0) is 0 Å². The predicted molar refractivity (Wildman–Crippen MR) is 64.0 cm³/mol. The van der Waals surface area contributed by atoms with Gasteiger partial charge in [-0.15, -0.1) is 0 Å². The maximum absolute atomic E-state index is 3.72. The summed E-state index contributed by atoms with van der Waals surface area (Å²) in [5.74, 6) is 0. The lowest BCUT2D eigenvalue weighted by molar-refractivity contribution is 1.22. The number of hydrogen-bond acceptors (Lipinski definition) is 0. The van der Waals surface area contributed by atoms with E-state index in [1.165, 1.54) is 11.1 Å². The van der Waals surface area contributed by atoms with Crippen molar-refractivity contribution in [1.29, 1.82) is 0 Å². The molecular weight excluding hydrogens is 168 g/mol. The topological polar surface area (TPSA) is 0 Å². The van der Waals surface area contributed by atoms with E-state index in [-0.39, 0.29) is 0 Å². The van der Waals surface area contributed by atoms with Crippen LogP contribution in [0.2, 0.25) is 0 Å². The van der Waals surface area contributed by atoms with Gasteiger partial charge in [-0.1, -0.05) is 68.1 Å². The van der Waals surface area contributed by atoms with Gasteiger partial charge >= 0.3 is 0 Å². The fraction of sp³-hybridized carbons (Fsp3) is 0.143. The molecule has 0 N–H and O–H groups in total. The first kappa shape index (κ1) is 10.5. The second-order valence-electron chi connectivity index (χ2n) is 3.03. The first-order valence-corrected chi connectivity index (χ1v) is 4.93. The fourth-order valence-corrected chi connectivity index (χ4v) is 1.25. The SMILES string of the molecule is C=C/C=C(\C=C/CC)c1ccccc1. The molecule has 0 saturated carbocycles. The Morgan fingerprint density at radius 3 is 2.57 bits per heavy atom. The number of hydrogen-bond donors (Lipinski definition) is 0. The van der Waals surface area contributed by atoms with Crippen molar-refractivity contribution in [3.63, 3.8) is 0 Å². The third kappa shape index (κ3) is 3.06. The zero-order valence-electron chi connectivity index (χ0n) is 8.61. The molecular formula is C14H16. The van der Waals surface area contributed by atoms with E-state index in [0.717, 1.165) is 6.42 Å². The molecule has 0 heterocycles. The average Bonchev–Trinajstić information content (AvgIpc) is 2.25. The first-order chi connectivity index (χ1) is 6.88. The number of rotatable bonds is 4. The van der Waals surface area contributed by atoms with Crippen LogP contribution in [0.1, 0.15) is 18.9 Å². The van der Waals surface area contributed by atoms with Crippen LogP contribution in [0, 0.1) is 0 Å². The van der Waals surface area contributed by atoms with Crippen LogP contribution in [0.5, 0.6) is 0 Å². The highest BCUT2D eigenvalue weighted by Gasteiger charge is 1.93. The Bertz CT molecular complexity index is 328. The Labute approximate surface area is 86.3 Å². The van der Waals surface area contributed by atoms with E-state index in [2.05, 4.69) is 37.8 Å². The van der Waals surface area contributed by atoms with Crippen LogP contribution in [0.15, 0.2) is 61.2 Å². The third-order valence-electron chi connectivity index (χ3n) is 1.94. The maximum Gasteiger partial charge on any atom is -0.0184 e. The minimum Gasteiger partial charge on any atom is -0.0990 e. The van der Waals surface area contributed by atoms with Crippen LogP contribution in [-0.4, -0.2) is 0 Å². The monoisotopic (exact) mass is 184 g/mol. The van der Waals surface area contributed by atoms with Crippen molar-refractivity contribution in [2.45, 2.75) is 13.3 Å². The zero-order chi connectivity index (χ0) is 10.2. The standard InChI is InChI=1S/C14H16/c1-3-5-10-13(9-4-2)14-11-7-6-8-12-14/h4-12H,2-3H2,1H3/b10-5-,13-9+. The summed E-state index contributed by atoms with van der Waals surface area (Å²) in [5, 5.41) is 0. The van der Waals surface area contributed by atoms with Crippen LogP contribution in [0.25, 0.3) is 5.57 Å². The molecule has 0 atom stereocenters. The Hall–Kier alpha value is -1.56. The van der Waals surface area contributed by atoms with Crippen molar-refractivity contribution in [3.8, 4) is 0 Å². The van der Waals surface area contributed by atoms with Gasteiger partial charge in [0.1, 0.15) is 0 Å². The molecule has 0 aliphatic carbocycles. The molecule has 0 unspecified atom stereocenters. The first-order valence-electron chi connectivity index (χ1n) is 4.93. The molecule has 0 saturated heterocycles. The Morgan fingerprint density at radius 1 is 1.29 bits per heavy atom. The molecule has 0 fully saturated rings. The van der Waals surface area contributed by atoms with E-state index < -0.39 is 0 Å². The molecule has 0 bridgehead atoms. The molecule has 0 aromatic heterocycles. The van der Waals surface area contributed by atoms with Crippen molar-refractivity contribution in [3.05, 3.63) is 66.8 Å². The van der Waals surface area contributed by atoms with Gasteiger partial charge in [-0.3, -0.25) is 0 Å². The predicted octanol–water partition coefficient (Wildman–Crippen LogP) is 4.22. The number of benzene rings is 1. The fourth-order valence-electron chi connectivity index (χ4n) is 1.25. The molecule has 1 aromatic carbocycles. The summed E-state index contributed by atoms with van der Waals surface area (Å²) < 4.78 is 0. The second kappa shape index (κ2) is 5.98. The van der Waals surface area contributed by atoms with Gasteiger partial charge in [0.05, 0.1) is 0 Å². The number of allylic oxidation sites excluding steroid dienone is 5. The lowest BCUT2D eigenvalue weighted by Crippen LogP contribution is -1.78. The molecule has 0 radical (unpaired) electrons. The van der Waals surface area contributed by atoms with Crippen molar-refractivity contribution in [2.24, 2.45) is 0 Å². The summed E-state index contributed by atoms with van der Waals surface area (Å²) in [4.78, 5) is 0. The van der Waals surface area contributed by atoms with Crippen LogP contribution in [0.3, 0.4) is 0 Å². The van der Waals surface area contributed by atoms with Crippen molar-refractivity contribution < 1.29 is 0 Å². The Morgan fingerprint density at radius 2 is 2.00 bits per heavy atom. The van der Waals surface area contributed by atoms with E-state index in [4.69, 9.17) is 0 Å². The summed E-state index contributed by atoms with van der Waals surface area (Å²) >= 11 is 0. The molecule has 0 aliphatic rings. The highest BCUT2D eigenvalue weighted by atomic mass is 14.0. The molecule has 72 valence electrons. The Kier molecular flexibility index (Phi) is 4.49. The van der Waals surface area contributed by atoms with E-state index in [1.54, 1.807) is 0 Å². The molecule has 0 heteroatoms. The molecule has 1 rings (SSSR count). The van der Waals surface area contributed by atoms with Crippen LogP contribution < -0.4 is 0 Å². The largest absolute Gasteiger partial charge is 0.0990 e. The molecule has 1 aromatic rings. The summed E-state index contributed by atoms with van der Waals surface area (Å²) in [7, 11) is 0. The van der Waals surface area contributed by atoms with Gasteiger partial charge in [-0.25, -0.2) is 0 Å². The van der Waals surface area contributed by atoms with Crippen molar-refractivity contribution in [1.82, 2.24) is 0 Å². The van der Waals surface area contributed by atoms with Gasteiger partial charge in [-0.05, 0) is 17.6 Å². The lowest BCUT2D eigenvalue weighted by Gasteiger charge is -2.00. The minimum absolute atomic E-state index is 1.06. The van der Waals surface area contributed by atoms with Crippen LogP contribution >= 0.6 is 0 Å². The molecule has 0 amide bonds. The summed E-state index contributed by atoms with van der Waals surface area (Å²) in [6.45, 7) is 5.86. The maximum atomic E-state index is 3.72. The quantitative estimate of drug-likeness (QED) is 0.614. The minimum atomic E-state index is 1.06. The highest BCUT2D eigenvalue weighted by molar-refractivity contribution is 5.74. The summed E-state index contributed by atoms with van der Waals surface area (Å²) in [6.07, 6.45) is 9.20. The van der Waals surface area contributed by atoms with E-state index in [0.29, 0.717) is 0 Å². The van der Waals surface area contributed by atoms with Gasteiger partial charge in [0.2, 0.25) is 0 Å². The van der Waals surface area contributed by atoms with Crippen molar-refractivity contribution in [2.75, 3.05) is 0 Å². The van der Waals surface area contributed by atoms with Gasteiger partial charge < -0.3 is 0 Å². The normalized spacial score (nSPS) is 11.9. The average molecular weight is 184 g/mol. The molecule has 14 heavy (non-hydrogen) atoms. The van der Waals surface area contributed by atoms with Crippen molar-refractivity contribution >= 4 is 5.57 Å². The van der Waals surface area contributed by atoms with Gasteiger partial charge in [0.25, 0.3) is 0 Å². The van der Waals surface area contributed by atoms with E-state index >= 15 is 0 Å². The molecule has 0 nitrogen and oxygen atoms in total. The summed E-state index contributed by atoms with van der Waals surface area (Å²) in [5.41, 5.74) is 2.44. The smallest absolute Gasteiger partial charge is 0.0184 e.